The highest BCUT2D eigenvalue weighted by Gasteiger charge is 2.45. The minimum Gasteiger partial charge on any atom is -0.344 e. The Morgan fingerprint density at radius 2 is 1.22 bits per heavy atom. The van der Waals surface area contributed by atoms with Gasteiger partial charge in [-0.2, -0.15) is 0 Å². The Balaban J connectivity index is 1.55. The first-order valence-electron chi connectivity index (χ1n) is 12.3. The van der Waals surface area contributed by atoms with E-state index in [1.165, 1.54) is 10.6 Å². The van der Waals surface area contributed by atoms with Crippen molar-refractivity contribution in [3.05, 3.63) is 121 Å². The minimum atomic E-state index is -2.84. The Kier molecular flexibility index (Phi) is 7.29. The zero-order valence-corrected chi connectivity index (χ0v) is 22.7. The Morgan fingerprint density at radius 3 is 1.81 bits per heavy atom. The third-order valence-corrected chi connectivity index (χ3v) is 11.8. The first-order chi connectivity index (χ1) is 17.4. The molecule has 4 aromatic carbocycles. The van der Waals surface area contributed by atoms with Gasteiger partial charge in [0.05, 0.1) is 6.10 Å². The summed E-state index contributed by atoms with van der Waals surface area (Å²) in [6, 6.07) is 39.1. The molecule has 3 unspecified atom stereocenters. The highest BCUT2D eigenvalue weighted by Crippen LogP contribution is 2.48. The van der Waals surface area contributed by atoms with Crippen molar-refractivity contribution >= 4 is 36.3 Å². The molecule has 5 rings (SSSR count). The molecule has 1 heterocycles. The Bertz CT molecular complexity index is 1300. The van der Waals surface area contributed by atoms with Crippen LogP contribution in [-0.4, -0.2) is 24.7 Å². The number of ether oxygens (including phenoxy) is 2. The van der Waals surface area contributed by atoms with Gasteiger partial charge in [-0.1, -0.05) is 115 Å². The first-order valence-corrected chi connectivity index (χ1v) is 16.0. The van der Waals surface area contributed by atoms with E-state index in [9.17, 15) is 4.57 Å². The second kappa shape index (κ2) is 10.4. The molecular formula is C31H32O3P2. The van der Waals surface area contributed by atoms with Crippen LogP contribution in [0.5, 0.6) is 0 Å². The lowest BCUT2D eigenvalue weighted by molar-refractivity contribution is -0.145. The number of rotatable bonds is 7. The zero-order chi connectivity index (χ0) is 25.2. The molecular weight excluding hydrogens is 482 g/mol. The lowest BCUT2D eigenvalue weighted by Gasteiger charge is -2.27. The molecule has 184 valence electrons. The highest BCUT2D eigenvalue weighted by atomic mass is 31.2. The molecule has 0 aliphatic carbocycles. The van der Waals surface area contributed by atoms with Crippen molar-refractivity contribution in [2.24, 2.45) is 0 Å². The van der Waals surface area contributed by atoms with Crippen molar-refractivity contribution in [2.45, 2.75) is 31.8 Å². The molecule has 1 aliphatic heterocycles. The van der Waals surface area contributed by atoms with Gasteiger partial charge in [0.15, 0.2) is 5.79 Å². The molecule has 3 nitrogen and oxygen atoms in total. The van der Waals surface area contributed by atoms with E-state index in [-0.39, 0.29) is 12.2 Å². The maximum atomic E-state index is 14.2. The quantitative estimate of drug-likeness (QED) is 0.286. The van der Waals surface area contributed by atoms with Gasteiger partial charge in [-0.3, -0.25) is 0 Å². The molecule has 0 N–H and O–H groups in total. The molecule has 5 heteroatoms. The molecule has 0 aromatic heterocycles. The summed E-state index contributed by atoms with van der Waals surface area (Å²) in [5.74, 6) is -0.735. The smallest absolute Gasteiger partial charge is 0.164 e. The number of hydrogen-bond donors (Lipinski definition) is 0. The van der Waals surface area contributed by atoms with Crippen LogP contribution in [0.1, 0.15) is 25.5 Å². The van der Waals surface area contributed by atoms with E-state index in [1.54, 1.807) is 0 Å². The van der Waals surface area contributed by atoms with Crippen LogP contribution in [0.15, 0.2) is 115 Å². The molecule has 4 aromatic rings. The van der Waals surface area contributed by atoms with E-state index < -0.39 is 20.9 Å². The molecule has 0 bridgehead atoms. The predicted molar refractivity (Wildman–Crippen MR) is 152 cm³/mol. The molecule has 0 spiro atoms. The molecule has 0 saturated carbocycles. The summed E-state index contributed by atoms with van der Waals surface area (Å²) in [4.78, 5) is 0. The van der Waals surface area contributed by atoms with E-state index in [4.69, 9.17) is 9.47 Å². The average molecular weight is 515 g/mol. The molecule has 1 saturated heterocycles. The van der Waals surface area contributed by atoms with Gasteiger partial charge in [0.1, 0.15) is 13.2 Å². The largest absolute Gasteiger partial charge is 0.344 e. The van der Waals surface area contributed by atoms with Gasteiger partial charge < -0.3 is 14.0 Å². The summed E-state index contributed by atoms with van der Waals surface area (Å²) in [6.07, 6.45) is 0.319. The van der Waals surface area contributed by atoms with Gasteiger partial charge in [-0.25, -0.2) is 0 Å². The molecule has 36 heavy (non-hydrogen) atoms. The van der Waals surface area contributed by atoms with Gasteiger partial charge in [0.2, 0.25) is 0 Å². The Labute approximate surface area is 215 Å². The second-order valence-corrected chi connectivity index (χ2v) is 14.8. The summed E-state index contributed by atoms with van der Waals surface area (Å²) in [5.41, 5.74) is 0.957. The van der Waals surface area contributed by atoms with Crippen molar-refractivity contribution in [2.75, 3.05) is 12.8 Å². The summed E-state index contributed by atoms with van der Waals surface area (Å²) < 4.78 is 27.4. The highest BCUT2D eigenvalue weighted by molar-refractivity contribution is 7.78. The fraction of sp³-hybridized carbons (Fsp3) is 0.226. The van der Waals surface area contributed by atoms with E-state index in [2.05, 4.69) is 66.7 Å². The van der Waals surface area contributed by atoms with Crippen LogP contribution in [0.3, 0.4) is 0 Å². The second-order valence-electron chi connectivity index (χ2n) is 9.69. The van der Waals surface area contributed by atoms with Crippen LogP contribution in [0.4, 0.5) is 0 Å². The third-order valence-electron chi connectivity index (χ3n) is 6.63. The monoisotopic (exact) mass is 514 g/mol. The maximum absolute atomic E-state index is 14.2. The van der Waals surface area contributed by atoms with Gasteiger partial charge in [0.25, 0.3) is 0 Å². The predicted octanol–water partition coefficient (Wildman–Crippen LogP) is 5.96. The lowest BCUT2D eigenvalue weighted by atomic mass is 10.1. The van der Waals surface area contributed by atoms with Gasteiger partial charge in [-0.05, 0) is 44.6 Å². The standard InChI is InChI=1S/C31H32O3P2/c1-31(2)33-28(23-35(24-15-7-4-8-16-24)25-17-9-5-10-18-25)30(34-31)27-21-13-14-22-29(27)36(3,32)26-19-11-6-12-20-26/h4-22,28,30H,23H2,1-3H3. The van der Waals surface area contributed by atoms with Crippen molar-refractivity contribution < 1.29 is 14.0 Å². The zero-order valence-electron chi connectivity index (χ0n) is 21.0. The van der Waals surface area contributed by atoms with Crippen molar-refractivity contribution in [3.8, 4) is 0 Å². The first kappa shape index (κ1) is 25.1. The SMILES string of the molecule is CC1(C)OC(CP(c2ccccc2)c2ccccc2)C(c2ccccc2P(C)(=O)c2ccccc2)O1. The van der Waals surface area contributed by atoms with Crippen LogP contribution >= 0.6 is 15.1 Å². The van der Waals surface area contributed by atoms with E-state index in [1.807, 2.05) is 69.0 Å². The van der Waals surface area contributed by atoms with Gasteiger partial charge in [0, 0.05) is 16.8 Å². The summed E-state index contributed by atoms with van der Waals surface area (Å²) >= 11 is 0. The van der Waals surface area contributed by atoms with Gasteiger partial charge in [-0.15, -0.1) is 0 Å². The van der Waals surface area contributed by atoms with Crippen molar-refractivity contribution in [1.29, 1.82) is 0 Å². The van der Waals surface area contributed by atoms with Crippen LogP contribution in [0.25, 0.3) is 0 Å². The van der Waals surface area contributed by atoms with Crippen molar-refractivity contribution in [3.63, 3.8) is 0 Å². The topological polar surface area (TPSA) is 35.5 Å². The molecule has 0 radical (unpaired) electrons. The summed E-state index contributed by atoms with van der Waals surface area (Å²) in [7, 11) is -3.51. The summed E-state index contributed by atoms with van der Waals surface area (Å²) in [5, 5.41) is 4.31. The van der Waals surface area contributed by atoms with Crippen LogP contribution in [-0.2, 0) is 14.0 Å². The Hall–Kier alpha value is -2.54. The summed E-state index contributed by atoms with van der Waals surface area (Å²) in [6.45, 7) is 5.80. The number of hydrogen-bond acceptors (Lipinski definition) is 3. The molecule has 3 atom stereocenters. The normalized spacial score (nSPS) is 20.8. The van der Waals surface area contributed by atoms with Crippen molar-refractivity contribution in [1.82, 2.24) is 0 Å². The van der Waals surface area contributed by atoms with E-state index in [0.29, 0.717) is 0 Å². The third kappa shape index (κ3) is 5.26. The lowest BCUT2D eigenvalue weighted by Crippen LogP contribution is -2.29. The van der Waals surface area contributed by atoms with Crippen LogP contribution < -0.4 is 21.2 Å². The van der Waals surface area contributed by atoms with E-state index in [0.717, 1.165) is 22.3 Å². The van der Waals surface area contributed by atoms with Crippen LogP contribution in [0.2, 0.25) is 0 Å². The van der Waals surface area contributed by atoms with Crippen LogP contribution in [0, 0.1) is 0 Å². The van der Waals surface area contributed by atoms with Gasteiger partial charge >= 0.3 is 0 Å². The maximum Gasteiger partial charge on any atom is 0.164 e. The molecule has 0 amide bonds. The fourth-order valence-electron chi connectivity index (χ4n) is 4.96. The average Bonchev–Trinajstić information content (AvgIpc) is 3.22. The molecule has 1 aliphatic rings. The fourth-order valence-corrected chi connectivity index (χ4v) is 9.45. The minimum absolute atomic E-state index is 0.177. The van der Waals surface area contributed by atoms with E-state index >= 15 is 0 Å². The Morgan fingerprint density at radius 1 is 0.722 bits per heavy atom. The number of benzene rings is 4. The molecule has 1 fully saturated rings.